The van der Waals surface area contributed by atoms with Gasteiger partial charge in [0, 0.05) is 12.3 Å². The molecular weight excluding hydrogens is 214 g/mol. The van der Waals surface area contributed by atoms with Gasteiger partial charge in [-0.1, -0.05) is 19.1 Å². The van der Waals surface area contributed by atoms with Crippen LogP contribution in [0, 0.1) is 17.2 Å². The van der Waals surface area contributed by atoms with Crippen LogP contribution < -0.4 is 0 Å². The molecular formula is C14H15NO2. The van der Waals surface area contributed by atoms with E-state index < -0.39 is 5.60 Å². The lowest BCUT2D eigenvalue weighted by molar-refractivity contribution is -0.174. The predicted octanol–water partition coefficient (Wildman–Crippen LogP) is 2.75. The van der Waals surface area contributed by atoms with Crippen LogP contribution in [0.4, 0.5) is 0 Å². The smallest absolute Gasteiger partial charge is 0.306 e. The Labute approximate surface area is 101 Å². The van der Waals surface area contributed by atoms with Crippen LogP contribution >= 0.6 is 0 Å². The largest absolute Gasteiger partial charge is 0.454 e. The Morgan fingerprint density at radius 3 is 3.00 bits per heavy atom. The van der Waals surface area contributed by atoms with Gasteiger partial charge in [0.2, 0.25) is 0 Å². The van der Waals surface area contributed by atoms with Crippen molar-refractivity contribution < 1.29 is 9.53 Å². The molecule has 0 spiro atoms. The van der Waals surface area contributed by atoms with E-state index >= 15 is 0 Å². The Hall–Kier alpha value is -1.82. The van der Waals surface area contributed by atoms with Gasteiger partial charge in [0.05, 0.1) is 11.6 Å². The second-order valence-corrected chi connectivity index (χ2v) is 4.71. The Balaban J connectivity index is 2.42. The second-order valence-electron chi connectivity index (χ2n) is 4.71. The SMILES string of the molecule is C[C@@H]1CCC(=O)O[C@]1(C)c1cccc(C#N)c1. The maximum absolute atomic E-state index is 11.5. The summed E-state index contributed by atoms with van der Waals surface area (Å²) in [5.74, 6) is 0.0992. The Morgan fingerprint density at radius 1 is 1.53 bits per heavy atom. The van der Waals surface area contributed by atoms with Crippen LogP contribution in [0.2, 0.25) is 0 Å². The number of esters is 1. The molecule has 1 aliphatic rings. The van der Waals surface area contributed by atoms with E-state index in [0.29, 0.717) is 12.0 Å². The van der Waals surface area contributed by atoms with Crippen molar-refractivity contribution in [3.8, 4) is 6.07 Å². The topological polar surface area (TPSA) is 50.1 Å². The average molecular weight is 229 g/mol. The molecule has 1 heterocycles. The molecule has 17 heavy (non-hydrogen) atoms. The molecule has 1 aromatic carbocycles. The normalized spacial score (nSPS) is 28.3. The zero-order valence-corrected chi connectivity index (χ0v) is 10.1. The summed E-state index contributed by atoms with van der Waals surface area (Å²) in [6.07, 6.45) is 1.31. The molecule has 0 radical (unpaired) electrons. The first-order chi connectivity index (χ1) is 8.06. The fourth-order valence-electron chi connectivity index (χ4n) is 2.24. The molecule has 0 aromatic heterocycles. The summed E-state index contributed by atoms with van der Waals surface area (Å²) in [5, 5.41) is 8.90. The molecule has 1 aromatic rings. The second kappa shape index (κ2) is 4.21. The molecule has 1 fully saturated rings. The van der Waals surface area contributed by atoms with E-state index in [2.05, 4.69) is 13.0 Å². The molecule has 2 rings (SSSR count). The maximum atomic E-state index is 11.5. The third-order valence-electron chi connectivity index (χ3n) is 3.61. The molecule has 88 valence electrons. The third-order valence-corrected chi connectivity index (χ3v) is 3.61. The Bertz CT molecular complexity index is 489. The minimum atomic E-state index is -0.609. The van der Waals surface area contributed by atoms with E-state index in [0.717, 1.165) is 12.0 Å². The highest BCUT2D eigenvalue weighted by Gasteiger charge is 2.40. The van der Waals surface area contributed by atoms with Crippen molar-refractivity contribution in [3.63, 3.8) is 0 Å². The van der Waals surface area contributed by atoms with Crippen LogP contribution in [0.1, 0.15) is 37.8 Å². The number of nitriles is 1. The number of rotatable bonds is 1. The average Bonchev–Trinajstić information content (AvgIpc) is 2.34. The van der Waals surface area contributed by atoms with Gasteiger partial charge in [-0.25, -0.2) is 0 Å². The Morgan fingerprint density at radius 2 is 2.29 bits per heavy atom. The van der Waals surface area contributed by atoms with Gasteiger partial charge in [0.25, 0.3) is 0 Å². The first-order valence-corrected chi connectivity index (χ1v) is 5.79. The summed E-state index contributed by atoms with van der Waals surface area (Å²) in [5.41, 5.74) is 0.886. The highest BCUT2D eigenvalue weighted by Crippen LogP contribution is 2.39. The highest BCUT2D eigenvalue weighted by molar-refractivity contribution is 5.71. The quantitative estimate of drug-likeness (QED) is 0.696. The van der Waals surface area contributed by atoms with Crippen LogP contribution in [0.15, 0.2) is 24.3 Å². The van der Waals surface area contributed by atoms with Gasteiger partial charge in [-0.15, -0.1) is 0 Å². The predicted molar refractivity (Wildman–Crippen MR) is 63.0 cm³/mol. The number of cyclic esters (lactones) is 1. The number of ether oxygens (including phenoxy) is 1. The van der Waals surface area contributed by atoms with Gasteiger partial charge >= 0.3 is 5.97 Å². The van der Waals surface area contributed by atoms with E-state index in [9.17, 15) is 4.79 Å². The molecule has 0 aliphatic carbocycles. The number of hydrogen-bond acceptors (Lipinski definition) is 3. The van der Waals surface area contributed by atoms with Gasteiger partial charge in [-0.3, -0.25) is 4.79 Å². The lowest BCUT2D eigenvalue weighted by atomic mass is 9.79. The van der Waals surface area contributed by atoms with Crippen molar-refractivity contribution in [2.24, 2.45) is 5.92 Å². The highest BCUT2D eigenvalue weighted by atomic mass is 16.6. The number of hydrogen-bond donors (Lipinski definition) is 0. The van der Waals surface area contributed by atoms with Crippen molar-refractivity contribution in [2.75, 3.05) is 0 Å². The molecule has 0 unspecified atom stereocenters. The minimum Gasteiger partial charge on any atom is -0.454 e. The maximum Gasteiger partial charge on any atom is 0.306 e. The van der Waals surface area contributed by atoms with Crippen LogP contribution in [0.25, 0.3) is 0 Å². The molecule has 0 bridgehead atoms. The summed E-state index contributed by atoms with van der Waals surface area (Å²) < 4.78 is 5.52. The van der Waals surface area contributed by atoms with E-state index in [1.165, 1.54) is 0 Å². The van der Waals surface area contributed by atoms with Crippen LogP contribution in [-0.2, 0) is 15.1 Å². The van der Waals surface area contributed by atoms with E-state index in [1.807, 2.05) is 19.1 Å². The molecule has 1 saturated heterocycles. The van der Waals surface area contributed by atoms with Crippen molar-refractivity contribution in [1.82, 2.24) is 0 Å². The summed E-state index contributed by atoms with van der Waals surface area (Å²) in [6, 6.07) is 9.40. The molecule has 0 saturated carbocycles. The number of carbonyl (C=O) groups is 1. The molecule has 0 N–H and O–H groups in total. The monoisotopic (exact) mass is 229 g/mol. The molecule has 0 amide bonds. The van der Waals surface area contributed by atoms with E-state index in [1.54, 1.807) is 12.1 Å². The van der Waals surface area contributed by atoms with Gasteiger partial charge in [0.1, 0.15) is 5.60 Å². The van der Waals surface area contributed by atoms with Gasteiger partial charge in [-0.2, -0.15) is 5.26 Å². The fourth-order valence-corrected chi connectivity index (χ4v) is 2.24. The van der Waals surface area contributed by atoms with E-state index in [-0.39, 0.29) is 11.9 Å². The number of carbonyl (C=O) groups excluding carboxylic acids is 1. The fraction of sp³-hybridized carbons (Fsp3) is 0.429. The zero-order chi connectivity index (χ0) is 12.5. The van der Waals surface area contributed by atoms with Crippen LogP contribution in [0.5, 0.6) is 0 Å². The van der Waals surface area contributed by atoms with Crippen molar-refractivity contribution in [3.05, 3.63) is 35.4 Å². The van der Waals surface area contributed by atoms with Crippen molar-refractivity contribution in [2.45, 2.75) is 32.3 Å². The third kappa shape index (κ3) is 2.03. The van der Waals surface area contributed by atoms with Gasteiger partial charge in [-0.05, 0) is 31.0 Å². The zero-order valence-electron chi connectivity index (χ0n) is 10.1. The Kier molecular flexibility index (Phi) is 2.89. The summed E-state index contributed by atoms with van der Waals surface area (Å²) in [6.45, 7) is 4.00. The summed E-state index contributed by atoms with van der Waals surface area (Å²) in [4.78, 5) is 11.5. The number of nitrogens with zero attached hydrogens (tertiary/aromatic N) is 1. The first-order valence-electron chi connectivity index (χ1n) is 5.79. The van der Waals surface area contributed by atoms with Gasteiger partial charge < -0.3 is 4.74 Å². The van der Waals surface area contributed by atoms with Crippen LogP contribution in [0.3, 0.4) is 0 Å². The minimum absolute atomic E-state index is 0.159. The lowest BCUT2D eigenvalue weighted by Crippen LogP contribution is -2.40. The summed E-state index contributed by atoms with van der Waals surface area (Å²) in [7, 11) is 0. The lowest BCUT2D eigenvalue weighted by Gasteiger charge is -2.39. The summed E-state index contributed by atoms with van der Waals surface area (Å²) >= 11 is 0. The van der Waals surface area contributed by atoms with Crippen LogP contribution in [-0.4, -0.2) is 5.97 Å². The molecule has 2 atom stereocenters. The standard InChI is InChI=1S/C14H15NO2/c1-10-6-7-13(16)17-14(10,2)12-5-3-4-11(8-12)9-15/h3-5,8,10H,6-7H2,1-2H3/t10-,14+/m1/s1. The van der Waals surface area contributed by atoms with Gasteiger partial charge in [0.15, 0.2) is 0 Å². The number of benzene rings is 1. The molecule has 3 heteroatoms. The van der Waals surface area contributed by atoms with E-state index in [4.69, 9.17) is 10.00 Å². The molecule has 3 nitrogen and oxygen atoms in total. The first kappa shape index (κ1) is 11.7. The van der Waals surface area contributed by atoms with Crippen molar-refractivity contribution >= 4 is 5.97 Å². The molecule has 1 aliphatic heterocycles. The van der Waals surface area contributed by atoms with Crippen molar-refractivity contribution in [1.29, 1.82) is 5.26 Å².